The van der Waals surface area contributed by atoms with Crippen molar-refractivity contribution in [1.82, 2.24) is 4.31 Å². The van der Waals surface area contributed by atoms with Gasteiger partial charge in [0.1, 0.15) is 11.9 Å². The standard InChI is InChI=1S/C12H23ClN4O4S/c1-3-17(4-2)22(19,20)10-11(21-12(13)18)8-6-5-7-9-15-16-14/h11H,3-10H2,1-2H3. The first-order chi connectivity index (χ1) is 10.4. The Balaban J connectivity index is 4.51. The molecule has 1 unspecified atom stereocenters. The number of hydrogen-bond donors (Lipinski definition) is 0. The molecule has 0 bridgehead atoms. The number of hydrogen-bond acceptors (Lipinski definition) is 5. The number of carbonyl (C=O) groups is 1. The molecule has 0 spiro atoms. The van der Waals surface area contributed by atoms with E-state index in [1.807, 2.05) is 0 Å². The van der Waals surface area contributed by atoms with Gasteiger partial charge >= 0.3 is 5.43 Å². The van der Waals surface area contributed by atoms with Crippen LogP contribution in [0.15, 0.2) is 5.11 Å². The van der Waals surface area contributed by atoms with Gasteiger partial charge in [-0.25, -0.2) is 17.5 Å². The van der Waals surface area contributed by atoms with E-state index in [9.17, 15) is 13.2 Å². The van der Waals surface area contributed by atoms with E-state index < -0.39 is 21.6 Å². The van der Waals surface area contributed by atoms with Crippen molar-refractivity contribution in [1.29, 1.82) is 0 Å². The van der Waals surface area contributed by atoms with Crippen molar-refractivity contribution in [3.8, 4) is 0 Å². The number of sulfonamides is 1. The zero-order valence-corrected chi connectivity index (χ0v) is 14.5. The lowest BCUT2D eigenvalue weighted by atomic mass is 10.1. The van der Waals surface area contributed by atoms with Crippen LogP contribution in [-0.2, 0) is 14.8 Å². The third kappa shape index (κ3) is 9.09. The van der Waals surface area contributed by atoms with E-state index >= 15 is 0 Å². The number of nitrogens with zero attached hydrogens (tertiary/aromatic N) is 4. The molecule has 0 aliphatic carbocycles. The van der Waals surface area contributed by atoms with Crippen LogP contribution in [0.25, 0.3) is 10.4 Å². The number of halogens is 1. The van der Waals surface area contributed by atoms with E-state index in [0.717, 1.165) is 6.42 Å². The van der Waals surface area contributed by atoms with Crippen LogP contribution >= 0.6 is 11.6 Å². The first-order valence-electron chi connectivity index (χ1n) is 7.22. The van der Waals surface area contributed by atoms with E-state index in [0.29, 0.717) is 38.9 Å². The SMILES string of the molecule is CCN(CC)S(=O)(=O)CC(CCCCCN=[N+]=[N-])OC(=O)Cl. The largest absolute Gasteiger partial charge is 0.449 e. The highest BCUT2D eigenvalue weighted by Gasteiger charge is 2.26. The number of carbonyl (C=O) groups excluding carboxylic acids is 1. The Morgan fingerprint density at radius 2 is 1.95 bits per heavy atom. The fourth-order valence-electron chi connectivity index (χ4n) is 2.04. The minimum atomic E-state index is -3.49. The second-order valence-electron chi connectivity index (χ2n) is 4.64. The highest BCUT2D eigenvalue weighted by Crippen LogP contribution is 2.14. The summed E-state index contributed by atoms with van der Waals surface area (Å²) in [5.41, 5.74) is 7.15. The van der Waals surface area contributed by atoms with E-state index in [4.69, 9.17) is 21.9 Å². The molecule has 0 amide bonds. The topological polar surface area (TPSA) is 112 Å². The van der Waals surface area contributed by atoms with Gasteiger partial charge in [0, 0.05) is 36.1 Å². The quantitative estimate of drug-likeness (QED) is 0.176. The Kier molecular flexibility index (Phi) is 11.0. The van der Waals surface area contributed by atoms with E-state index in [1.54, 1.807) is 13.8 Å². The summed E-state index contributed by atoms with van der Waals surface area (Å²) < 4.78 is 30.6. The van der Waals surface area contributed by atoms with Gasteiger partial charge in [0.25, 0.3) is 0 Å². The Bertz CT molecular complexity index is 476. The maximum atomic E-state index is 12.2. The van der Waals surface area contributed by atoms with Crippen LogP contribution in [0.3, 0.4) is 0 Å². The average Bonchev–Trinajstić information content (AvgIpc) is 2.42. The van der Waals surface area contributed by atoms with Crippen molar-refractivity contribution < 1.29 is 17.9 Å². The van der Waals surface area contributed by atoms with Crippen molar-refractivity contribution in [2.45, 2.75) is 45.6 Å². The number of unbranched alkanes of at least 4 members (excludes halogenated alkanes) is 2. The maximum Gasteiger partial charge on any atom is 0.404 e. The molecule has 0 aromatic carbocycles. The van der Waals surface area contributed by atoms with Crippen LogP contribution in [0.5, 0.6) is 0 Å². The summed E-state index contributed by atoms with van der Waals surface area (Å²) >= 11 is 5.21. The first-order valence-corrected chi connectivity index (χ1v) is 9.20. The maximum absolute atomic E-state index is 12.2. The van der Waals surface area contributed by atoms with E-state index in [2.05, 4.69) is 10.0 Å². The second-order valence-corrected chi connectivity index (χ2v) is 6.97. The zero-order valence-electron chi connectivity index (χ0n) is 12.9. The lowest BCUT2D eigenvalue weighted by Crippen LogP contribution is -2.37. The molecule has 0 radical (unpaired) electrons. The van der Waals surface area contributed by atoms with Gasteiger partial charge in [-0.3, -0.25) is 0 Å². The summed E-state index contributed by atoms with van der Waals surface area (Å²) in [5, 5.41) is 3.41. The molecule has 0 rings (SSSR count). The highest BCUT2D eigenvalue weighted by atomic mass is 35.5. The van der Waals surface area contributed by atoms with Crippen LogP contribution in [-0.4, -0.2) is 49.6 Å². The molecule has 8 nitrogen and oxygen atoms in total. The van der Waals surface area contributed by atoms with Crippen LogP contribution in [0.4, 0.5) is 4.79 Å². The molecule has 0 heterocycles. The Labute approximate surface area is 136 Å². The molecule has 128 valence electrons. The normalized spacial score (nSPS) is 12.7. The van der Waals surface area contributed by atoms with Crippen molar-refractivity contribution in [2.75, 3.05) is 25.4 Å². The summed E-state index contributed by atoms with van der Waals surface area (Å²) in [6.07, 6.45) is 1.74. The molecule has 1 atom stereocenters. The van der Waals surface area contributed by atoms with Crippen molar-refractivity contribution >= 4 is 27.1 Å². The van der Waals surface area contributed by atoms with Crippen LogP contribution in [0.1, 0.15) is 39.5 Å². The Morgan fingerprint density at radius 1 is 1.32 bits per heavy atom. The molecular weight excluding hydrogens is 332 g/mol. The minimum absolute atomic E-state index is 0.274. The van der Waals surface area contributed by atoms with E-state index in [1.165, 1.54) is 4.31 Å². The van der Waals surface area contributed by atoms with Gasteiger partial charge in [0.15, 0.2) is 0 Å². The Hall–Kier alpha value is -1.02. The molecule has 0 aliphatic heterocycles. The summed E-state index contributed by atoms with van der Waals surface area (Å²) in [7, 11) is -3.49. The zero-order chi connectivity index (χ0) is 17.0. The minimum Gasteiger partial charge on any atom is -0.449 e. The highest BCUT2D eigenvalue weighted by molar-refractivity contribution is 7.89. The van der Waals surface area contributed by atoms with Crippen molar-refractivity contribution in [3.05, 3.63) is 10.4 Å². The fourth-order valence-corrected chi connectivity index (χ4v) is 3.87. The lowest BCUT2D eigenvalue weighted by molar-refractivity contribution is 0.125. The summed E-state index contributed by atoms with van der Waals surface area (Å²) in [5.74, 6) is -0.274. The number of rotatable bonds is 12. The van der Waals surface area contributed by atoms with Gasteiger partial charge in [0.05, 0.1) is 0 Å². The summed E-state index contributed by atoms with van der Waals surface area (Å²) in [6, 6.07) is 0. The molecule has 0 aromatic heterocycles. The van der Waals surface area contributed by atoms with Crippen LogP contribution in [0, 0.1) is 0 Å². The lowest BCUT2D eigenvalue weighted by Gasteiger charge is -2.22. The van der Waals surface area contributed by atoms with Gasteiger partial charge in [-0.2, -0.15) is 0 Å². The first kappa shape index (κ1) is 21.0. The van der Waals surface area contributed by atoms with Crippen LogP contribution in [0.2, 0.25) is 0 Å². The monoisotopic (exact) mass is 354 g/mol. The molecule has 0 N–H and O–H groups in total. The molecule has 0 aliphatic rings. The van der Waals surface area contributed by atoms with Crippen LogP contribution < -0.4 is 0 Å². The van der Waals surface area contributed by atoms with Crippen molar-refractivity contribution in [2.24, 2.45) is 5.11 Å². The smallest absolute Gasteiger partial charge is 0.404 e. The molecule has 0 aromatic rings. The predicted octanol–water partition coefficient (Wildman–Crippen LogP) is 3.27. The predicted molar refractivity (Wildman–Crippen MR) is 85.3 cm³/mol. The second kappa shape index (κ2) is 11.5. The third-order valence-electron chi connectivity index (χ3n) is 3.10. The molecule has 0 fully saturated rings. The molecular formula is C12H23ClN4O4S. The van der Waals surface area contributed by atoms with Gasteiger partial charge in [-0.1, -0.05) is 25.4 Å². The van der Waals surface area contributed by atoms with Crippen molar-refractivity contribution in [3.63, 3.8) is 0 Å². The number of ether oxygens (including phenoxy) is 1. The van der Waals surface area contributed by atoms with E-state index in [-0.39, 0.29) is 5.75 Å². The van der Waals surface area contributed by atoms with Gasteiger partial charge in [0.2, 0.25) is 10.0 Å². The molecule has 0 saturated carbocycles. The molecule has 0 saturated heterocycles. The van der Waals surface area contributed by atoms with Gasteiger partial charge in [-0.05, 0) is 24.8 Å². The van der Waals surface area contributed by atoms with Gasteiger partial charge in [-0.15, -0.1) is 0 Å². The summed E-state index contributed by atoms with van der Waals surface area (Å²) in [6.45, 7) is 4.63. The third-order valence-corrected chi connectivity index (χ3v) is 5.29. The summed E-state index contributed by atoms with van der Waals surface area (Å²) in [4.78, 5) is 13.6. The molecule has 22 heavy (non-hydrogen) atoms. The molecule has 10 heteroatoms. The fraction of sp³-hybridized carbons (Fsp3) is 0.917. The average molecular weight is 355 g/mol. The van der Waals surface area contributed by atoms with Gasteiger partial charge < -0.3 is 4.74 Å². The number of azide groups is 1. The Morgan fingerprint density at radius 3 is 2.45 bits per heavy atom.